The van der Waals surface area contributed by atoms with Crippen molar-refractivity contribution in [1.29, 1.82) is 0 Å². The first-order valence-corrected chi connectivity index (χ1v) is 12.4. The van der Waals surface area contributed by atoms with E-state index in [0.29, 0.717) is 12.8 Å². The molecule has 2 heterocycles. The Morgan fingerprint density at radius 1 is 0.886 bits per heavy atom. The van der Waals surface area contributed by atoms with Crippen molar-refractivity contribution in [3.05, 3.63) is 96.3 Å². The SMILES string of the molecule is CN1CCN(CC(NC(=O)CCc2nc3ccccc3n2-c2ccccc2)c2ccccc2)CC1. The maximum absolute atomic E-state index is 13.2. The second kappa shape index (κ2) is 10.8. The maximum atomic E-state index is 13.2. The van der Waals surface area contributed by atoms with E-state index >= 15 is 0 Å². The Kier molecular flexibility index (Phi) is 7.21. The first kappa shape index (κ1) is 23.3. The van der Waals surface area contributed by atoms with Crippen molar-refractivity contribution in [2.24, 2.45) is 0 Å². The van der Waals surface area contributed by atoms with Gasteiger partial charge >= 0.3 is 0 Å². The molecule has 3 aromatic carbocycles. The lowest BCUT2D eigenvalue weighted by molar-refractivity contribution is -0.122. The van der Waals surface area contributed by atoms with Crippen LogP contribution in [-0.4, -0.2) is 65.0 Å². The second-order valence-corrected chi connectivity index (χ2v) is 9.32. The second-order valence-electron chi connectivity index (χ2n) is 9.32. The number of nitrogens with one attached hydrogen (secondary N) is 1. The van der Waals surface area contributed by atoms with Crippen molar-refractivity contribution in [1.82, 2.24) is 24.7 Å². The highest BCUT2D eigenvalue weighted by Gasteiger charge is 2.22. The average Bonchev–Trinajstić information content (AvgIpc) is 3.28. The molecule has 6 nitrogen and oxygen atoms in total. The van der Waals surface area contributed by atoms with E-state index in [1.54, 1.807) is 0 Å². The van der Waals surface area contributed by atoms with Crippen molar-refractivity contribution in [2.75, 3.05) is 39.8 Å². The Hall–Kier alpha value is -3.48. The number of amides is 1. The van der Waals surface area contributed by atoms with Crippen molar-refractivity contribution in [2.45, 2.75) is 18.9 Å². The summed E-state index contributed by atoms with van der Waals surface area (Å²) in [7, 11) is 2.16. The quantitative estimate of drug-likeness (QED) is 0.425. The van der Waals surface area contributed by atoms with Crippen LogP contribution in [-0.2, 0) is 11.2 Å². The lowest BCUT2D eigenvalue weighted by atomic mass is 10.1. The number of carbonyl (C=O) groups is 1. The number of hydrogen-bond acceptors (Lipinski definition) is 4. The molecule has 1 N–H and O–H groups in total. The number of carbonyl (C=O) groups excluding carboxylic acids is 1. The van der Waals surface area contributed by atoms with E-state index < -0.39 is 0 Å². The highest BCUT2D eigenvalue weighted by molar-refractivity contribution is 5.79. The molecule has 5 rings (SSSR count). The Bertz CT molecular complexity index is 1250. The summed E-state index contributed by atoms with van der Waals surface area (Å²) < 4.78 is 2.17. The summed E-state index contributed by atoms with van der Waals surface area (Å²) in [5, 5.41) is 3.32. The standard InChI is InChI=1S/C29H33N5O/c1-32-18-20-33(21-19-32)22-26(23-10-4-2-5-11-23)31-29(35)17-16-28-30-25-14-8-9-15-27(25)34(28)24-12-6-3-7-13-24/h2-15,26H,16-22H2,1H3,(H,31,35). The molecule has 1 amide bonds. The van der Waals surface area contributed by atoms with Crippen LogP contribution in [0.25, 0.3) is 16.7 Å². The van der Waals surface area contributed by atoms with Crippen molar-refractivity contribution in [3.63, 3.8) is 0 Å². The van der Waals surface area contributed by atoms with Gasteiger partial charge in [-0.25, -0.2) is 4.98 Å². The van der Waals surface area contributed by atoms with E-state index in [0.717, 1.165) is 60.8 Å². The van der Waals surface area contributed by atoms with E-state index in [2.05, 4.69) is 57.1 Å². The van der Waals surface area contributed by atoms with Gasteiger partial charge < -0.3 is 10.2 Å². The summed E-state index contributed by atoms with van der Waals surface area (Å²) in [6, 6.07) is 28.7. The average molecular weight is 468 g/mol. The van der Waals surface area contributed by atoms with Crippen LogP contribution in [0.3, 0.4) is 0 Å². The lowest BCUT2D eigenvalue weighted by Gasteiger charge is -2.35. The molecule has 1 unspecified atom stereocenters. The van der Waals surface area contributed by atoms with Gasteiger partial charge in [-0.1, -0.05) is 60.7 Å². The molecule has 0 aliphatic carbocycles. The summed E-state index contributed by atoms with van der Waals surface area (Å²) >= 11 is 0. The van der Waals surface area contributed by atoms with Crippen LogP contribution in [0.5, 0.6) is 0 Å². The van der Waals surface area contributed by atoms with Crippen molar-refractivity contribution < 1.29 is 4.79 Å². The van der Waals surface area contributed by atoms with Crippen LogP contribution in [0.2, 0.25) is 0 Å². The smallest absolute Gasteiger partial charge is 0.220 e. The van der Waals surface area contributed by atoms with E-state index in [-0.39, 0.29) is 11.9 Å². The van der Waals surface area contributed by atoms with Gasteiger partial charge in [0.1, 0.15) is 5.82 Å². The molecule has 1 aliphatic heterocycles. The molecule has 1 aromatic heterocycles. The molecule has 0 radical (unpaired) electrons. The Balaban J connectivity index is 1.31. The van der Waals surface area contributed by atoms with Crippen LogP contribution in [0, 0.1) is 0 Å². The molecule has 0 bridgehead atoms. The third kappa shape index (κ3) is 5.61. The maximum Gasteiger partial charge on any atom is 0.220 e. The van der Waals surface area contributed by atoms with Crippen LogP contribution < -0.4 is 5.32 Å². The first-order chi connectivity index (χ1) is 17.2. The van der Waals surface area contributed by atoms with Gasteiger partial charge in [-0.2, -0.15) is 0 Å². The molecule has 0 saturated carbocycles. The number of nitrogens with zero attached hydrogens (tertiary/aromatic N) is 4. The van der Waals surface area contributed by atoms with Gasteiger partial charge in [-0.15, -0.1) is 0 Å². The highest BCUT2D eigenvalue weighted by atomic mass is 16.1. The zero-order chi connectivity index (χ0) is 24.0. The van der Waals surface area contributed by atoms with Crippen LogP contribution in [0.15, 0.2) is 84.9 Å². The summed E-state index contributed by atoms with van der Waals surface area (Å²) in [6.45, 7) is 5.00. The van der Waals surface area contributed by atoms with E-state index in [9.17, 15) is 4.79 Å². The van der Waals surface area contributed by atoms with Crippen molar-refractivity contribution >= 4 is 16.9 Å². The third-order valence-electron chi connectivity index (χ3n) is 6.79. The normalized spacial score (nSPS) is 15.8. The third-order valence-corrected chi connectivity index (χ3v) is 6.79. The number of rotatable bonds is 8. The minimum atomic E-state index is -0.0277. The van der Waals surface area contributed by atoms with Gasteiger partial charge in [0.05, 0.1) is 17.1 Å². The lowest BCUT2D eigenvalue weighted by Crippen LogP contribution is -2.47. The zero-order valence-corrected chi connectivity index (χ0v) is 20.3. The number of fused-ring (bicyclic) bond motifs is 1. The minimum absolute atomic E-state index is 0.0277. The molecule has 4 aromatic rings. The number of imidazole rings is 1. The van der Waals surface area contributed by atoms with Gasteiger partial charge in [0.2, 0.25) is 5.91 Å². The fraction of sp³-hybridized carbons (Fsp3) is 0.310. The molecule has 180 valence electrons. The molecule has 0 spiro atoms. The van der Waals surface area contributed by atoms with E-state index in [1.807, 2.05) is 54.6 Å². The summed E-state index contributed by atoms with van der Waals surface area (Å²) in [4.78, 5) is 22.9. The monoisotopic (exact) mass is 467 g/mol. The molecule has 1 saturated heterocycles. The first-order valence-electron chi connectivity index (χ1n) is 12.4. The Morgan fingerprint density at radius 3 is 2.29 bits per heavy atom. The number of likely N-dealkylation sites (N-methyl/N-ethyl adjacent to an activating group) is 1. The molecule has 6 heteroatoms. The highest BCUT2D eigenvalue weighted by Crippen LogP contribution is 2.23. The number of benzene rings is 3. The Labute approximate surface area is 207 Å². The Morgan fingerprint density at radius 2 is 1.54 bits per heavy atom. The molecule has 1 fully saturated rings. The van der Waals surface area contributed by atoms with Crippen LogP contribution >= 0.6 is 0 Å². The number of aromatic nitrogens is 2. The number of aryl methyl sites for hydroxylation is 1. The largest absolute Gasteiger partial charge is 0.348 e. The fourth-order valence-electron chi connectivity index (χ4n) is 4.81. The van der Waals surface area contributed by atoms with Crippen LogP contribution in [0.4, 0.5) is 0 Å². The molecular formula is C29H33N5O. The molecule has 35 heavy (non-hydrogen) atoms. The van der Waals surface area contributed by atoms with Gasteiger partial charge in [0.25, 0.3) is 0 Å². The predicted molar refractivity (Wildman–Crippen MR) is 141 cm³/mol. The van der Waals surface area contributed by atoms with Crippen molar-refractivity contribution in [3.8, 4) is 5.69 Å². The van der Waals surface area contributed by atoms with Crippen LogP contribution in [0.1, 0.15) is 23.9 Å². The molecular weight excluding hydrogens is 434 g/mol. The zero-order valence-electron chi connectivity index (χ0n) is 20.3. The predicted octanol–water partition coefficient (Wildman–Crippen LogP) is 4.06. The van der Waals surface area contributed by atoms with Gasteiger partial charge in [0, 0.05) is 51.3 Å². The molecule has 1 aliphatic rings. The summed E-state index contributed by atoms with van der Waals surface area (Å²) in [6.07, 6.45) is 0.966. The number of hydrogen-bond donors (Lipinski definition) is 1. The van der Waals surface area contributed by atoms with E-state index in [4.69, 9.17) is 4.98 Å². The summed E-state index contributed by atoms with van der Waals surface area (Å²) in [5.74, 6) is 0.961. The topological polar surface area (TPSA) is 53.4 Å². The van der Waals surface area contributed by atoms with E-state index in [1.165, 1.54) is 0 Å². The molecule has 1 atom stereocenters. The van der Waals surface area contributed by atoms with Gasteiger partial charge in [-0.3, -0.25) is 14.3 Å². The minimum Gasteiger partial charge on any atom is -0.348 e. The summed E-state index contributed by atoms with van der Waals surface area (Å²) in [5.41, 5.74) is 4.22. The van der Waals surface area contributed by atoms with Gasteiger partial charge in [-0.05, 0) is 36.9 Å². The number of para-hydroxylation sites is 3. The fourth-order valence-corrected chi connectivity index (χ4v) is 4.81. The van der Waals surface area contributed by atoms with Gasteiger partial charge in [0.15, 0.2) is 0 Å². The number of piperazine rings is 1.